The molecule has 3 nitrogen and oxygen atoms in total. The Morgan fingerprint density at radius 2 is 2.15 bits per heavy atom. The Morgan fingerprint density at radius 3 is 2.75 bits per heavy atom. The molecular weight excluding hydrogens is 255 g/mol. The zero-order valence-electron chi connectivity index (χ0n) is 12.4. The molecule has 4 heteroatoms. The monoisotopic (exact) mass is 280 g/mol. The van der Waals surface area contributed by atoms with E-state index in [4.69, 9.17) is 5.73 Å². The van der Waals surface area contributed by atoms with Crippen molar-refractivity contribution in [1.29, 1.82) is 0 Å². The van der Waals surface area contributed by atoms with Gasteiger partial charge in [0.05, 0.1) is 0 Å². The van der Waals surface area contributed by atoms with Crippen molar-refractivity contribution in [3.05, 3.63) is 35.6 Å². The van der Waals surface area contributed by atoms with Crippen LogP contribution in [0.25, 0.3) is 0 Å². The zero-order chi connectivity index (χ0) is 15.0. The van der Waals surface area contributed by atoms with Crippen molar-refractivity contribution in [2.75, 3.05) is 13.1 Å². The van der Waals surface area contributed by atoms with Gasteiger partial charge in [0.2, 0.25) is 5.91 Å². The minimum absolute atomic E-state index is 0.0469. The third-order valence-corrected chi connectivity index (χ3v) is 3.22. The first-order valence-electron chi connectivity index (χ1n) is 7.30. The standard InChI is InChI=1S/C16H25FN2O/c1-3-10-19(16(20)8-7-13(2)18)11-9-14-5-4-6-15(17)12-14/h4-6,12-13H,3,7-11,18H2,1-2H3. The van der Waals surface area contributed by atoms with E-state index in [0.717, 1.165) is 18.5 Å². The lowest BCUT2D eigenvalue weighted by Crippen LogP contribution is -2.34. The summed E-state index contributed by atoms with van der Waals surface area (Å²) in [4.78, 5) is 14.0. The molecule has 0 radical (unpaired) electrons. The average Bonchev–Trinajstić information content (AvgIpc) is 2.41. The fraction of sp³-hybridized carbons (Fsp3) is 0.562. The second-order valence-corrected chi connectivity index (χ2v) is 5.28. The van der Waals surface area contributed by atoms with Gasteiger partial charge in [0.1, 0.15) is 5.82 Å². The number of nitrogens with zero attached hydrogens (tertiary/aromatic N) is 1. The quantitative estimate of drug-likeness (QED) is 0.796. The maximum absolute atomic E-state index is 13.1. The van der Waals surface area contributed by atoms with Crippen molar-refractivity contribution in [1.82, 2.24) is 4.90 Å². The molecule has 0 saturated heterocycles. The van der Waals surface area contributed by atoms with Crippen LogP contribution in [0.2, 0.25) is 0 Å². The van der Waals surface area contributed by atoms with Crippen LogP contribution >= 0.6 is 0 Å². The predicted octanol–water partition coefficient (Wildman–Crippen LogP) is 2.73. The van der Waals surface area contributed by atoms with E-state index in [1.807, 2.05) is 24.8 Å². The molecule has 0 aromatic heterocycles. The Bertz CT molecular complexity index is 421. The molecule has 20 heavy (non-hydrogen) atoms. The lowest BCUT2D eigenvalue weighted by Gasteiger charge is -2.22. The fourth-order valence-electron chi connectivity index (χ4n) is 2.10. The van der Waals surface area contributed by atoms with Crippen molar-refractivity contribution in [2.24, 2.45) is 5.73 Å². The van der Waals surface area contributed by atoms with Crippen LogP contribution in [0.3, 0.4) is 0 Å². The van der Waals surface area contributed by atoms with Gasteiger partial charge in [0, 0.05) is 25.6 Å². The van der Waals surface area contributed by atoms with Gasteiger partial charge in [0.15, 0.2) is 0 Å². The second-order valence-electron chi connectivity index (χ2n) is 5.28. The van der Waals surface area contributed by atoms with Crippen molar-refractivity contribution in [3.63, 3.8) is 0 Å². The van der Waals surface area contributed by atoms with E-state index in [-0.39, 0.29) is 17.8 Å². The van der Waals surface area contributed by atoms with Gasteiger partial charge in [-0.05, 0) is 43.9 Å². The van der Waals surface area contributed by atoms with Gasteiger partial charge in [-0.25, -0.2) is 4.39 Å². The number of amides is 1. The molecule has 1 aromatic rings. The van der Waals surface area contributed by atoms with E-state index in [1.54, 1.807) is 6.07 Å². The molecule has 0 heterocycles. The van der Waals surface area contributed by atoms with E-state index in [2.05, 4.69) is 0 Å². The molecule has 0 saturated carbocycles. The first kappa shape index (κ1) is 16.6. The molecular formula is C16H25FN2O. The normalized spacial score (nSPS) is 12.2. The molecule has 112 valence electrons. The molecule has 0 aliphatic heterocycles. The number of benzene rings is 1. The summed E-state index contributed by atoms with van der Waals surface area (Å²) in [5, 5.41) is 0. The number of rotatable bonds is 8. The van der Waals surface area contributed by atoms with Gasteiger partial charge >= 0.3 is 0 Å². The van der Waals surface area contributed by atoms with Crippen LogP contribution in [0.15, 0.2) is 24.3 Å². The Balaban J connectivity index is 2.51. The highest BCUT2D eigenvalue weighted by Crippen LogP contribution is 2.07. The Morgan fingerprint density at radius 1 is 1.40 bits per heavy atom. The lowest BCUT2D eigenvalue weighted by atomic mass is 10.1. The molecule has 1 unspecified atom stereocenters. The number of carbonyl (C=O) groups excluding carboxylic acids is 1. The summed E-state index contributed by atoms with van der Waals surface area (Å²) in [5.41, 5.74) is 6.61. The summed E-state index contributed by atoms with van der Waals surface area (Å²) in [6.45, 7) is 5.33. The van der Waals surface area contributed by atoms with Crippen LogP contribution in [0.5, 0.6) is 0 Å². The van der Waals surface area contributed by atoms with Gasteiger partial charge in [-0.3, -0.25) is 4.79 Å². The summed E-state index contributed by atoms with van der Waals surface area (Å²) in [6, 6.07) is 6.59. The van der Waals surface area contributed by atoms with E-state index in [0.29, 0.717) is 25.8 Å². The van der Waals surface area contributed by atoms with Crippen molar-refractivity contribution >= 4 is 5.91 Å². The van der Waals surface area contributed by atoms with Crippen LogP contribution in [0.1, 0.15) is 38.7 Å². The van der Waals surface area contributed by atoms with Crippen molar-refractivity contribution in [2.45, 2.75) is 45.6 Å². The Hall–Kier alpha value is -1.42. The summed E-state index contributed by atoms with van der Waals surface area (Å²) < 4.78 is 13.1. The van der Waals surface area contributed by atoms with Gasteiger partial charge in [0.25, 0.3) is 0 Å². The van der Waals surface area contributed by atoms with Crippen LogP contribution < -0.4 is 5.73 Å². The maximum atomic E-state index is 13.1. The fourth-order valence-corrected chi connectivity index (χ4v) is 2.10. The molecule has 0 bridgehead atoms. The zero-order valence-corrected chi connectivity index (χ0v) is 12.4. The van der Waals surface area contributed by atoms with Gasteiger partial charge in [-0.2, -0.15) is 0 Å². The molecule has 0 spiro atoms. The van der Waals surface area contributed by atoms with Crippen LogP contribution in [-0.4, -0.2) is 29.9 Å². The molecule has 1 aromatic carbocycles. The molecule has 0 aliphatic carbocycles. The lowest BCUT2D eigenvalue weighted by molar-refractivity contribution is -0.131. The smallest absolute Gasteiger partial charge is 0.222 e. The molecule has 2 N–H and O–H groups in total. The highest BCUT2D eigenvalue weighted by atomic mass is 19.1. The highest BCUT2D eigenvalue weighted by molar-refractivity contribution is 5.76. The third-order valence-electron chi connectivity index (χ3n) is 3.22. The first-order chi connectivity index (χ1) is 9.52. The highest BCUT2D eigenvalue weighted by Gasteiger charge is 2.13. The maximum Gasteiger partial charge on any atom is 0.222 e. The first-order valence-corrected chi connectivity index (χ1v) is 7.30. The number of hydrogen-bond acceptors (Lipinski definition) is 2. The minimum Gasteiger partial charge on any atom is -0.342 e. The SMILES string of the molecule is CCCN(CCc1cccc(F)c1)C(=O)CCC(C)N. The van der Waals surface area contributed by atoms with Crippen LogP contribution in [-0.2, 0) is 11.2 Å². The molecule has 0 fully saturated rings. The predicted molar refractivity (Wildman–Crippen MR) is 79.9 cm³/mol. The van der Waals surface area contributed by atoms with E-state index < -0.39 is 0 Å². The largest absolute Gasteiger partial charge is 0.342 e. The van der Waals surface area contributed by atoms with Gasteiger partial charge in [-0.15, -0.1) is 0 Å². The number of carbonyl (C=O) groups is 1. The molecule has 1 amide bonds. The van der Waals surface area contributed by atoms with Crippen LogP contribution in [0.4, 0.5) is 4.39 Å². The van der Waals surface area contributed by atoms with E-state index >= 15 is 0 Å². The van der Waals surface area contributed by atoms with E-state index in [9.17, 15) is 9.18 Å². The second kappa shape index (κ2) is 8.69. The van der Waals surface area contributed by atoms with E-state index in [1.165, 1.54) is 12.1 Å². The topological polar surface area (TPSA) is 46.3 Å². The van der Waals surface area contributed by atoms with Crippen molar-refractivity contribution < 1.29 is 9.18 Å². The van der Waals surface area contributed by atoms with Gasteiger partial charge in [-0.1, -0.05) is 19.1 Å². The summed E-state index contributed by atoms with van der Waals surface area (Å²) in [6.07, 6.45) is 2.80. The molecule has 1 atom stereocenters. The Labute approximate surface area is 121 Å². The summed E-state index contributed by atoms with van der Waals surface area (Å²) >= 11 is 0. The number of halogens is 1. The van der Waals surface area contributed by atoms with Crippen LogP contribution in [0, 0.1) is 5.82 Å². The average molecular weight is 280 g/mol. The third kappa shape index (κ3) is 6.15. The Kier molecular flexibility index (Phi) is 7.23. The molecule has 1 rings (SSSR count). The van der Waals surface area contributed by atoms with Crippen molar-refractivity contribution in [3.8, 4) is 0 Å². The van der Waals surface area contributed by atoms with Gasteiger partial charge < -0.3 is 10.6 Å². The molecule has 0 aliphatic rings. The summed E-state index contributed by atoms with van der Waals surface area (Å²) in [7, 11) is 0. The number of hydrogen-bond donors (Lipinski definition) is 1. The minimum atomic E-state index is -0.229. The summed E-state index contributed by atoms with van der Waals surface area (Å²) in [5.74, 6) is -0.0895. The number of nitrogens with two attached hydrogens (primary N) is 1.